The number of hydrogen-bond acceptors (Lipinski definition) is 5. The molecule has 0 aliphatic carbocycles. The van der Waals surface area contributed by atoms with Crippen molar-refractivity contribution in [2.24, 2.45) is 4.99 Å². The molecule has 132 valence electrons. The van der Waals surface area contributed by atoms with E-state index in [2.05, 4.69) is 25.7 Å². The second-order valence-electron chi connectivity index (χ2n) is 5.02. The van der Waals surface area contributed by atoms with Crippen LogP contribution in [0.1, 0.15) is 23.2 Å². The van der Waals surface area contributed by atoms with Crippen molar-refractivity contribution in [1.29, 1.82) is 0 Å². The summed E-state index contributed by atoms with van der Waals surface area (Å²) in [6.45, 7) is 5.89. The quantitative estimate of drug-likeness (QED) is 0.407. The van der Waals surface area contributed by atoms with Gasteiger partial charge in [0.15, 0.2) is 5.96 Å². The summed E-state index contributed by atoms with van der Waals surface area (Å²) >= 11 is 1.66. The fourth-order valence-electron chi connectivity index (χ4n) is 2.18. The second kappa shape index (κ2) is 10.4. The maximum atomic E-state index is 5.55. The van der Waals surface area contributed by atoms with Gasteiger partial charge in [-0.15, -0.1) is 35.3 Å². The van der Waals surface area contributed by atoms with Crippen molar-refractivity contribution in [2.45, 2.75) is 26.9 Å². The summed E-state index contributed by atoms with van der Waals surface area (Å²) in [5, 5.41) is 6.50. The zero-order valence-corrected chi connectivity index (χ0v) is 17.6. The molecule has 2 rings (SSSR count). The van der Waals surface area contributed by atoms with E-state index in [1.165, 1.54) is 0 Å². The van der Waals surface area contributed by atoms with Gasteiger partial charge in [0.05, 0.1) is 23.9 Å². The van der Waals surface area contributed by atoms with Gasteiger partial charge in [-0.3, -0.25) is 4.99 Å². The molecule has 0 aliphatic heterocycles. The molecular formula is C16H24IN5OS. The summed E-state index contributed by atoms with van der Waals surface area (Å²) in [6.07, 6.45) is 1.74. The number of aromatic nitrogens is 2. The molecule has 0 radical (unpaired) electrons. The molecule has 0 spiro atoms. The van der Waals surface area contributed by atoms with Crippen molar-refractivity contribution in [3.05, 3.63) is 40.0 Å². The molecule has 0 saturated carbocycles. The van der Waals surface area contributed by atoms with Crippen LogP contribution in [0, 0.1) is 6.92 Å². The van der Waals surface area contributed by atoms with Crippen LogP contribution in [0.3, 0.4) is 0 Å². The first kappa shape index (κ1) is 20.6. The number of aryl methyl sites for hydroxylation is 1. The van der Waals surface area contributed by atoms with E-state index in [0.717, 1.165) is 28.8 Å². The molecule has 0 fully saturated rings. The minimum atomic E-state index is 0. The molecule has 0 bridgehead atoms. The summed E-state index contributed by atoms with van der Waals surface area (Å²) in [6, 6.07) is 3.91. The number of pyridine rings is 1. The smallest absolute Gasteiger partial charge is 0.218 e. The fourth-order valence-corrected chi connectivity index (χ4v) is 2.79. The number of nitrogens with zero attached hydrogens (tertiary/aromatic N) is 4. The van der Waals surface area contributed by atoms with Crippen LogP contribution in [0.25, 0.3) is 0 Å². The summed E-state index contributed by atoms with van der Waals surface area (Å²) in [5.41, 5.74) is 2.06. The Morgan fingerprint density at radius 1 is 1.46 bits per heavy atom. The van der Waals surface area contributed by atoms with E-state index >= 15 is 0 Å². The lowest BCUT2D eigenvalue weighted by Crippen LogP contribution is -2.38. The van der Waals surface area contributed by atoms with Gasteiger partial charge in [-0.05, 0) is 19.9 Å². The van der Waals surface area contributed by atoms with Crippen molar-refractivity contribution in [3.8, 4) is 5.88 Å². The molecule has 0 aromatic carbocycles. The van der Waals surface area contributed by atoms with Gasteiger partial charge in [0.25, 0.3) is 0 Å². The van der Waals surface area contributed by atoms with E-state index in [4.69, 9.17) is 4.74 Å². The van der Waals surface area contributed by atoms with Gasteiger partial charge in [-0.25, -0.2) is 9.97 Å². The van der Waals surface area contributed by atoms with E-state index in [9.17, 15) is 0 Å². The summed E-state index contributed by atoms with van der Waals surface area (Å²) in [7, 11) is 3.77. The summed E-state index contributed by atoms with van der Waals surface area (Å²) < 4.78 is 5.55. The van der Waals surface area contributed by atoms with Gasteiger partial charge in [0.1, 0.15) is 0 Å². The van der Waals surface area contributed by atoms with Gasteiger partial charge in [-0.1, -0.05) is 6.07 Å². The molecule has 6 nitrogen and oxygen atoms in total. The molecule has 1 N–H and O–H groups in total. The highest BCUT2D eigenvalue weighted by Crippen LogP contribution is 2.14. The van der Waals surface area contributed by atoms with Gasteiger partial charge in [0.2, 0.25) is 5.88 Å². The van der Waals surface area contributed by atoms with E-state index in [0.29, 0.717) is 19.0 Å². The van der Waals surface area contributed by atoms with E-state index in [1.807, 2.05) is 37.9 Å². The maximum Gasteiger partial charge on any atom is 0.218 e. The minimum Gasteiger partial charge on any atom is -0.478 e. The third-order valence-corrected chi connectivity index (χ3v) is 4.03. The second-order valence-corrected chi connectivity index (χ2v) is 6.08. The van der Waals surface area contributed by atoms with Gasteiger partial charge in [-0.2, -0.15) is 0 Å². The molecule has 0 saturated heterocycles. The highest BCUT2D eigenvalue weighted by molar-refractivity contribution is 14.0. The number of thiazole rings is 1. The van der Waals surface area contributed by atoms with E-state index in [-0.39, 0.29) is 24.0 Å². The Labute approximate surface area is 164 Å². The van der Waals surface area contributed by atoms with Gasteiger partial charge < -0.3 is 15.0 Å². The van der Waals surface area contributed by atoms with E-state index in [1.54, 1.807) is 24.6 Å². The normalized spacial score (nSPS) is 10.9. The third-order valence-electron chi connectivity index (χ3n) is 3.21. The molecule has 2 aromatic rings. The van der Waals surface area contributed by atoms with Crippen molar-refractivity contribution >= 4 is 41.3 Å². The highest BCUT2D eigenvalue weighted by Gasteiger charge is 2.10. The standard InChI is InChI=1S/C16H23N5OS.HI/c1-5-22-15-13(7-6-8-18-15)9-19-16(17-3)21(4)10-14-11-23-12(2)20-14;/h6-8,11H,5,9-10H2,1-4H3,(H,17,19);1H. The Kier molecular flexibility index (Phi) is 8.98. The monoisotopic (exact) mass is 461 g/mol. The Bertz CT molecular complexity index is 661. The van der Waals surface area contributed by atoms with Crippen LogP contribution in [-0.2, 0) is 13.1 Å². The lowest BCUT2D eigenvalue weighted by Gasteiger charge is -2.21. The number of ether oxygens (including phenoxy) is 1. The number of guanidine groups is 1. The van der Waals surface area contributed by atoms with Crippen molar-refractivity contribution in [2.75, 3.05) is 20.7 Å². The summed E-state index contributed by atoms with van der Waals surface area (Å²) in [5.74, 6) is 1.47. The number of nitrogens with one attached hydrogen (secondary N) is 1. The van der Waals surface area contributed by atoms with Gasteiger partial charge >= 0.3 is 0 Å². The molecule has 0 unspecified atom stereocenters. The Morgan fingerprint density at radius 3 is 2.88 bits per heavy atom. The minimum absolute atomic E-state index is 0. The first-order valence-corrected chi connectivity index (χ1v) is 8.41. The predicted molar refractivity (Wildman–Crippen MR) is 109 cm³/mol. The SMILES string of the molecule is CCOc1ncccc1CNC(=NC)N(C)Cc1csc(C)n1.I. The van der Waals surface area contributed by atoms with Crippen LogP contribution in [0.5, 0.6) is 5.88 Å². The molecular weight excluding hydrogens is 437 g/mol. The van der Waals surface area contributed by atoms with Crippen molar-refractivity contribution in [1.82, 2.24) is 20.2 Å². The average Bonchev–Trinajstić information content (AvgIpc) is 2.94. The van der Waals surface area contributed by atoms with Crippen LogP contribution in [0.15, 0.2) is 28.7 Å². The molecule has 2 aromatic heterocycles. The van der Waals surface area contributed by atoms with Crippen LogP contribution >= 0.6 is 35.3 Å². The number of halogens is 1. The first-order chi connectivity index (χ1) is 11.1. The van der Waals surface area contributed by atoms with Gasteiger partial charge in [0, 0.05) is 37.8 Å². The Hall–Kier alpha value is -1.42. The largest absolute Gasteiger partial charge is 0.478 e. The molecule has 0 atom stereocenters. The Morgan fingerprint density at radius 2 is 2.25 bits per heavy atom. The number of rotatable bonds is 6. The molecule has 24 heavy (non-hydrogen) atoms. The van der Waals surface area contributed by atoms with Crippen LogP contribution < -0.4 is 10.1 Å². The lowest BCUT2D eigenvalue weighted by molar-refractivity contribution is 0.322. The molecule has 0 amide bonds. The van der Waals surface area contributed by atoms with Crippen molar-refractivity contribution < 1.29 is 4.74 Å². The maximum absolute atomic E-state index is 5.55. The zero-order chi connectivity index (χ0) is 16.7. The van der Waals surface area contributed by atoms with Crippen LogP contribution in [-0.4, -0.2) is 41.5 Å². The first-order valence-electron chi connectivity index (χ1n) is 7.53. The predicted octanol–water partition coefficient (Wildman–Crippen LogP) is 3.07. The number of hydrogen-bond donors (Lipinski definition) is 1. The molecule has 2 heterocycles. The fraction of sp³-hybridized carbons (Fsp3) is 0.438. The summed E-state index contributed by atoms with van der Waals surface area (Å²) in [4.78, 5) is 15.1. The highest BCUT2D eigenvalue weighted by atomic mass is 127. The van der Waals surface area contributed by atoms with Crippen LogP contribution in [0.2, 0.25) is 0 Å². The zero-order valence-electron chi connectivity index (χ0n) is 14.4. The van der Waals surface area contributed by atoms with E-state index < -0.39 is 0 Å². The lowest BCUT2D eigenvalue weighted by atomic mass is 10.2. The van der Waals surface area contributed by atoms with Crippen LogP contribution in [0.4, 0.5) is 0 Å². The molecule has 0 aliphatic rings. The molecule has 8 heteroatoms. The topological polar surface area (TPSA) is 62.6 Å². The third kappa shape index (κ3) is 5.90. The Balaban J connectivity index is 0.00000288. The van der Waals surface area contributed by atoms with Crippen molar-refractivity contribution in [3.63, 3.8) is 0 Å². The number of aliphatic imine (C=N–C) groups is 1. The average molecular weight is 461 g/mol.